The van der Waals surface area contributed by atoms with E-state index in [1.807, 2.05) is 24.3 Å². The molecular formula is C34H41N5O7S. The van der Waals surface area contributed by atoms with Crippen LogP contribution in [0.15, 0.2) is 65.6 Å². The van der Waals surface area contributed by atoms with Gasteiger partial charge in [0, 0.05) is 76.8 Å². The third kappa shape index (κ3) is 8.09. The number of fused-ring (bicyclic) bond motifs is 1. The zero-order valence-electron chi connectivity index (χ0n) is 26.7. The highest BCUT2D eigenvalue weighted by Crippen LogP contribution is 2.32. The van der Waals surface area contributed by atoms with Gasteiger partial charge in [-0.1, -0.05) is 30.3 Å². The van der Waals surface area contributed by atoms with Crippen LogP contribution in [0.2, 0.25) is 0 Å². The van der Waals surface area contributed by atoms with E-state index >= 15 is 0 Å². The Balaban J connectivity index is 1.34. The smallest absolute Gasteiger partial charge is 0.303 e. The summed E-state index contributed by atoms with van der Waals surface area (Å²) in [6, 6.07) is 17.9. The summed E-state index contributed by atoms with van der Waals surface area (Å²) >= 11 is 0. The average molecular weight is 664 g/mol. The number of rotatable bonds is 11. The number of aliphatic carboxylic acids is 1. The molecule has 0 aromatic heterocycles. The van der Waals surface area contributed by atoms with Crippen molar-refractivity contribution in [1.82, 2.24) is 14.7 Å². The summed E-state index contributed by atoms with van der Waals surface area (Å²) in [7, 11) is -4.01. The van der Waals surface area contributed by atoms with Gasteiger partial charge in [0.1, 0.15) is 0 Å². The van der Waals surface area contributed by atoms with Gasteiger partial charge in [-0.25, -0.2) is 8.42 Å². The Morgan fingerprint density at radius 3 is 2.11 bits per heavy atom. The van der Waals surface area contributed by atoms with Gasteiger partial charge < -0.3 is 19.8 Å². The van der Waals surface area contributed by atoms with E-state index in [4.69, 9.17) is 5.11 Å². The molecule has 2 fully saturated rings. The van der Waals surface area contributed by atoms with Crippen molar-refractivity contribution in [3.63, 3.8) is 0 Å². The maximum absolute atomic E-state index is 13.7. The first-order chi connectivity index (χ1) is 22.4. The van der Waals surface area contributed by atoms with Crippen LogP contribution in [0.1, 0.15) is 43.5 Å². The minimum Gasteiger partial charge on any atom is -0.481 e. The molecule has 2 amide bonds. The fourth-order valence-electron chi connectivity index (χ4n) is 6.02. The summed E-state index contributed by atoms with van der Waals surface area (Å²) in [5.41, 5.74) is 1.30. The van der Waals surface area contributed by atoms with E-state index in [1.165, 1.54) is 4.90 Å². The monoisotopic (exact) mass is 663 g/mol. The van der Waals surface area contributed by atoms with Gasteiger partial charge in [0.15, 0.2) is 0 Å². The topological polar surface area (TPSA) is 148 Å². The number of amides is 2. The van der Waals surface area contributed by atoms with Crippen molar-refractivity contribution in [2.75, 3.05) is 62.0 Å². The zero-order chi connectivity index (χ0) is 33.7. The molecule has 0 saturated carbocycles. The molecule has 0 bridgehead atoms. The van der Waals surface area contributed by atoms with Crippen LogP contribution < -0.4 is 9.62 Å². The summed E-state index contributed by atoms with van der Waals surface area (Å²) in [5.74, 6) is -2.65. The lowest BCUT2D eigenvalue weighted by molar-refractivity contribution is -0.146. The standard InChI is InChI=1S/C34H41N5O7S/c1-24(2)36-14-16-37(17-15-36)30-13-11-27(23-29(30)35-47(45,46)28-12-10-25-6-3-4-7-26(25)22-28)33(43)38-18-20-39(21-19-38)34(44)31(40)8-5-9-32(41)42/h3-4,6-7,10-13,22-24,35H,5,8-9,14-21H2,1-2H3,(H,41,42). The van der Waals surface area contributed by atoms with Crippen LogP contribution in [-0.2, 0) is 24.4 Å². The number of ketones is 1. The molecule has 2 aliphatic heterocycles. The van der Waals surface area contributed by atoms with Crippen molar-refractivity contribution in [3.8, 4) is 0 Å². The molecule has 3 aromatic rings. The summed E-state index contributed by atoms with van der Waals surface area (Å²) < 4.78 is 30.2. The molecule has 47 heavy (non-hydrogen) atoms. The number of piperazine rings is 2. The van der Waals surface area contributed by atoms with Crippen molar-refractivity contribution >= 4 is 55.7 Å². The third-order valence-electron chi connectivity index (χ3n) is 8.79. The van der Waals surface area contributed by atoms with Gasteiger partial charge in [-0.3, -0.25) is 28.8 Å². The number of nitrogens with zero attached hydrogens (tertiary/aromatic N) is 4. The van der Waals surface area contributed by atoms with Crippen molar-refractivity contribution in [1.29, 1.82) is 0 Å². The molecule has 0 unspecified atom stereocenters. The molecule has 3 aromatic carbocycles. The van der Waals surface area contributed by atoms with Crippen molar-refractivity contribution in [3.05, 3.63) is 66.2 Å². The predicted octanol–water partition coefficient (Wildman–Crippen LogP) is 3.28. The van der Waals surface area contributed by atoms with Gasteiger partial charge in [0.25, 0.3) is 21.8 Å². The molecule has 13 heteroatoms. The van der Waals surface area contributed by atoms with Gasteiger partial charge in [-0.15, -0.1) is 0 Å². The zero-order valence-corrected chi connectivity index (χ0v) is 27.5. The molecule has 2 heterocycles. The van der Waals surface area contributed by atoms with E-state index < -0.39 is 27.7 Å². The molecule has 0 spiro atoms. The number of anilines is 2. The molecule has 2 saturated heterocycles. The lowest BCUT2D eigenvalue weighted by atomic mass is 10.1. The second kappa shape index (κ2) is 14.5. The van der Waals surface area contributed by atoms with Crippen LogP contribution in [0.4, 0.5) is 11.4 Å². The number of Topliss-reactive ketones (excluding diaryl/α,β-unsaturated/α-hetero) is 1. The molecule has 12 nitrogen and oxygen atoms in total. The van der Waals surface area contributed by atoms with E-state index in [0.717, 1.165) is 23.9 Å². The molecule has 5 rings (SSSR count). The Hall–Kier alpha value is -4.49. The van der Waals surface area contributed by atoms with E-state index in [2.05, 4.69) is 28.4 Å². The molecule has 2 N–H and O–H groups in total. The largest absolute Gasteiger partial charge is 0.481 e. The highest BCUT2D eigenvalue weighted by atomic mass is 32.2. The minimum absolute atomic E-state index is 0.0920. The Bertz CT molecular complexity index is 1760. The van der Waals surface area contributed by atoms with Crippen LogP contribution in [-0.4, -0.2) is 110 Å². The molecule has 0 radical (unpaired) electrons. The highest BCUT2D eigenvalue weighted by Gasteiger charge is 2.29. The number of hydrogen-bond acceptors (Lipinski definition) is 8. The van der Waals surface area contributed by atoms with E-state index in [0.29, 0.717) is 36.1 Å². The minimum atomic E-state index is -4.01. The number of carboxylic acid groups (broad SMARTS) is 1. The number of sulfonamides is 1. The molecule has 250 valence electrons. The second-order valence-corrected chi connectivity index (χ2v) is 13.9. The molecule has 0 atom stereocenters. The Morgan fingerprint density at radius 1 is 0.787 bits per heavy atom. The number of carbonyl (C=O) groups excluding carboxylic acids is 3. The lowest BCUT2D eigenvalue weighted by Crippen LogP contribution is -2.52. The van der Waals surface area contributed by atoms with Crippen LogP contribution in [0, 0.1) is 0 Å². The molecule has 0 aliphatic carbocycles. The quantitative estimate of drug-likeness (QED) is 0.295. The summed E-state index contributed by atoms with van der Waals surface area (Å²) in [6.45, 7) is 8.05. The van der Waals surface area contributed by atoms with Crippen LogP contribution >= 0.6 is 0 Å². The number of hydrogen-bond donors (Lipinski definition) is 2. The summed E-state index contributed by atoms with van der Waals surface area (Å²) in [6.07, 6.45) is -0.232. The van der Waals surface area contributed by atoms with Gasteiger partial charge in [-0.2, -0.15) is 0 Å². The van der Waals surface area contributed by atoms with Crippen LogP contribution in [0.5, 0.6) is 0 Å². The number of benzene rings is 3. The van der Waals surface area contributed by atoms with Gasteiger partial charge >= 0.3 is 5.97 Å². The number of carbonyl (C=O) groups is 4. The first-order valence-electron chi connectivity index (χ1n) is 15.9. The van der Waals surface area contributed by atoms with E-state index in [-0.39, 0.29) is 56.2 Å². The average Bonchev–Trinajstić information content (AvgIpc) is 3.07. The Morgan fingerprint density at radius 2 is 1.45 bits per heavy atom. The first-order valence-corrected chi connectivity index (χ1v) is 17.4. The fraction of sp³-hybridized carbons (Fsp3) is 0.412. The van der Waals surface area contributed by atoms with E-state index in [1.54, 1.807) is 41.3 Å². The van der Waals surface area contributed by atoms with Crippen molar-refractivity contribution in [2.45, 2.75) is 44.0 Å². The lowest BCUT2D eigenvalue weighted by Gasteiger charge is -2.39. The number of carboxylic acids is 1. The Labute approximate surface area is 275 Å². The SMILES string of the molecule is CC(C)N1CCN(c2ccc(C(=O)N3CCN(C(=O)C(=O)CCCC(=O)O)CC3)cc2NS(=O)(=O)c2ccc3ccccc3c2)CC1. The maximum Gasteiger partial charge on any atom is 0.303 e. The van der Waals surface area contributed by atoms with Gasteiger partial charge in [0.2, 0.25) is 5.78 Å². The van der Waals surface area contributed by atoms with Crippen LogP contribution in [0.25, 0.3) is 10.8 Å². The van der Waals surface area contributed by atoms with Gasteiger partial charge in [0.05, 0.1) is 16.3 Å². The molecule has 2 aliphatic rings. The van der Waals surface area contributed by atoms with Gasteiger partial charge in [-0.05, 0) is 61.4 Å². The second-order valence-electron chi connectivity index (χ2n) is 12.2. The fourth-order valence-corrected chi connectivity index (χ4v) is 7.12. The Kier molecular flexibility index (Phi) is 10.5. The van der Waals surface area contributed by atoms with Crippen molar-refractivity contribution in [2.24, 2.45) is 0 Å². The highest BCUT2D eigenvalue weighted by molar-refractivity contribution is 7.92. The van der Waals surface area contributed by atoms with Crippen LogP contribution in [0.3, 0.4) is 0 Å². The normalized spacial score (nSPS) is 16.0. The first kappa shape index (κ1) is 33.9. The maximum atomic E-state index is 13.7. The van der Waals surface area contributed by atoms with E-state index in [9.17, 15) is 27.6 Å². The number of nitrogens with one attached hydrogen (secondary N) is 1. The predicted molar refractivity (Wildman–Crippen MR) is 179 cm³/mol. The molecular weight excluding hydrogens is 622 g/mol. The van der Waals surface area contributed by atoms with Crippen molar-refractivity contribution < 1.29 is 32.7 Å². The summed E-state index contributed by atoms with van der Waals surface area (Å²) in [5, 5.41) is 10.5. The third-order valence-corrected chi connectivity index (χ3v) is 10.2. The summed E-state index contributed by atoms with van der Waals surface area (Å²) in [4.78, 5) is 56.8.